The highest BCUT2D eigenvalue weighted by molar-refractivity contribution is 14.0. The SMILES string of the molecule is CCNC(=NCCOCC1CCCO1)NC1CCN(c2ccccn2)CC1.I. The first-order chi connectivity index (χ1) is 13.3. The number of rotatable bonds is 8. The zero-order valence-corrected chi connectivity index (χ0v) is 19.1. The molecular weight excluding hydrogens is 469 g/mol. The van der Waals surface area contributed by atoms with Crippen LogP contribution in [0.25, 0.3) is 0 Å². The maximum atomic E-state index is 5.70. The second kappa shape index (κ2) is 13.2. The molecule has 3 heterocycles. The predicted molar refractivity (Wildman–Crippen MR) is 124 cm³/mol. The van der Waals surface area contributed by atoms with E-state index in [1.165, 1.54) is 0 Å². The fraction of sp³-hybridized carbons (Fsp3) is 0.700. The van der Waals surface area contributed by atoms with Crippen molar-refractivity contribution in [3.8, 4) is 0 Å². The number of piperidine rings is 1. The molecule has 1 unspecified atom stereocenters. The maximum Gasteiger partial charge on any atom is 0.191 e. The van der Waals surface area contributed by atoms with Crippen LogP contribution in [0.1, 0.15) is 32.6 Å². The molecular formula is C20H34IN5O2. The summed E-state index contributed by atoms with van der Waals surface area (Å²) in [5.74, 6) is 1.95. The Morgan fingerprint density at radius 3 is 2.86 bits per heavy atom. The topological polar surface area (TPSA) is 71.0 Å². The van der Waals surface area contributed by atoms with E-state index in [9.17, 15) is 0 Å². The average molecular weight is 503 g/mol. The van der Waals surface area contributed by atoms with Crippen molar-refractivity contribution in [3.63, 3.8) is 0 Å². The fourth-order valence-electron chi connectivity index (χ4n) is 3.52. The maximum absolute atomic E-state index is 5.70. The standard InChI is InChI=1S/C20H33N5O2.HI/c1-2-21-20(23-11-15-26-16-18-6-5-14-27-18)24-17-8-12-25(13-9-17)19-7-3-4-10-22-19;/h3-4,7,10,17-18H,2,5-6,8-9,11-16H2,1H3,(H2,21,23,24);1H. The van der Waals surface area contributed by atoms with Crippen LogP contribution in [-0.2, 0) is 9.47 Å². The van der Waals surface area contributed by atoms with E-state index in [0.29, 0.717) is 25.8 Å². The Balaban J connectivity index is 0.00000280. The van der Waals surface area contributed by atoms with Crippen molar-refractivity contribution in [2.45, 2.75) is 44.8 Å². The minimum atomic E-state index is 0. The van der Waals surface area contributed by atoms with Gasteiger partial charge in [0.25, 0.3) is 0 Å². The van der Waals surface area contributed by atoms with E-state index >= 15 is 0 Å². The first-order valence-corrected chi connectivity index (χ1v) is 10.3. The minimum absolute atomic E-state index is 0. The van der Waals surface area contributed by atoms with Gasteiger partial charge in [-0.1, -0.05) is 6.07 Å². The van der Waals surface area contributed by atoms with Crippen LogP contribution in [0.2, 0.25) is 0 Å². The number of aliphatic imine (C=N–C) groups is 1. The van der Waals surface area contributed by atoms with Crippen LogP contribution in [0, 0.1) is 0 Å². The number of pyridine rings is 1. The quantitative estimate of drug-likeness (QED) is 0.246. The Bertz CT molecular complexity index is 561. The third-order valence-electron chi connectivity index (χ3n) is 4.99. The monoisotopic (exact) mass is 503 g/mol. The summed E-state index contributed by atoms with van der Waals surface area (Å²) < 4.78 is 11.3. The molecule has 0 radical (unpaired) electrons. The summed E-state index contributed by atoms with van der Waals surface area (Å²) in [4.78, 5) is 11.5. The van der Waals surface area contributed by atoms with Crippen LogP contribution < -0.4 is 15.5 Å². The van der Waals surface area contributed by atoms with Crippen molar-refractivity contribution >= 4 is 35.8 Å². The lowest BCUT2D eigenvalue weighted by atomic mass is 10.1. The molecule has 0 bridgehead atoms. The molecule has 0 aromatic carbocycles. The molecule has 0 amide bonds. The molecule has 2 aliphatic heterocycles. The Hall–Kier alpha value is -1.13. The van der Waals surface area contributed by atoms with Gasteiger partial charge in [-0.3, -0.25) is 4.99 Å². The van der Waals surface area contributed by atoms with Crippen molar-refractivity contribution < 1.29 is 9.47 Å². The molecule has 158 valence electrons. The van der Waals surface area contributed by atoms with E-state index in [1.807, 2.05) is 18.3 Å². The summed E-state index contributed by atoms with van der Waals surface area (Å²) in [6, 6.07) is 6.52. The van der Waals surface area contributed by atoms with Crippen LogP contribution >= 0.6 is 24.0 Å². The molecule has 1 aromatic heterocycles. The molecule has 3 rings (SSSR count). The van der Waals surface area contributed by atoms with Gasteiger partial charge in [-0.15, -0.1) is 24.0 Å². The molecule has 8 heteroatoms. The van der Waals surface area contributed by atoms with Crippen molar-refractivity contribution in [1.29, 1.82) is 0 Å². The molecule has 1 aromatic rings. The number of ether oxygens (including phenoxy) is 2. The van der Waals surface area contributed by atoms with E-state index in [2.05, 4.69) is 38.5 Å². The van der Waals surface area contributed by atoms with Crippen molar-refractivity contribution in [2.75, 3.05) is 50.9 Å². The number of hydrogen-bond acceptors (Lipinski definition) is 5. The largest absolute Gasteiger partial charge is 0.377 e. The van der Waals surface area contributed by atoms with Crippen LogP contribution in [-0.4, -0.2) is 69.1 Å². The predicted octanol–water partition coefficient (Wildman–Crippen LogP) is 2.42. The zero-order valence-electron chi connectivity index (χ0n) is 16.8. The van der Waals surface area contributed by atoms with Gasteiger partial charge in [0.2, 0.25) is 0 Å². The van der Waals surface area contributed by atoms with Crippen molar-refractivity contribution in [3.05, 3.63) is 24.4 Å². The summed E-state index contributed by atoms with van der Waals surface area (Å²) >= 11 is 0. The number of hydrogen-bond donors (Lipinski definition) is 2. The Kier molecular flexibility index (Phi) is 10.9. The van der Waals surface area contributed by atoms with E-state index in [1.54, 1.807) is 0 Å². The van der Waals surface area contributed by atoms with E-state index in [4.69, 9.17) is 9.47 Å². The van der Waals surface area contributed by atoms with Gasteiger partial charge in [0, 0.05) is 38.5 Å². The highest BCUT2D eigenvalue weighted by Crippen LogP contribution is 2.17. The van der Waals surface area contributed by atoms with Gasteiger partial charge >= 0.3 is 0 Å². The molecule has 2 aliphatic rings. The second-order valence-electron chi connectivity index (χ2n) is 7.06. The van der Waals surface area contributed by atoms with Gasteiger partial charge in [0.05, 0.1) is 25.9 Å². The molecule has 2 saturated heterocycles. The van der Waals surface area contributed by atoms with Crippen LogP contribution in [0.5, 0.6) is 0 Å². The summed E-state index contributed by atoms with van der Waals surface area (Å²) in [5, 5.41) is 6.91. The number of aromatic nitrogens is 1. The molecule has 2 fully saturated rings. The lowest BCUT2D eigenvalue weighted by Gasteiger charge is -2.33. The molecule has 28 heavy (non-hydrogen) atoms. The number of nitrogens with one attached hydrogen (secondary N) is 2. The van der Waals surface area contributed by atoms with Gasteiger partial charge in [0.1, 0.15) is 5.82 Å². The molecule has 0 spiro atoms. The number of nitrogens with zero attached hydrogens (tertiary/aromatic N) is 3. The van der Waals surface area contributed by atoms with Crippen LogP contribution in [0.3, 0.4) is 0 Å². The van der Waals surface area contributed by atoms with Gasteiger partial charge in [-0.2, -0.15) is 0 Å². The third-order valence-corrected chi connectivity index (χ3v) is 4.99. The second-order valence-corrected chi connectivity index (χ2v) is 7.06. The van der Waals surface area contributed by atoms with E-state index in [0.717, 1.165) is 63.7 Å². The highest BCUT2D eigenvalue weighted by Gasteiger charge is 2.20. The normalized spacial score (nSPS) is 20.7. The molecule has 7 nitrogen and oxygen atoms in total. The lowest BCUT2D eigenvalue weighted by molar-refractivity contribution is 0.0200. The molecule has 1 atom stereocenters. The van der Waals surface area contributed by atoms with Crippen molar-refractivity contribution in [1.82, 2.24) is 15.6 Å². The highest BCUT2D eigenvalue weighted by atomic mass is 127. The summed E-state index contributed by atoms with van der Waals surface area (Å²) in [6.45, 7) is 7.83. The van der Waals surface area contributed by atoms with Gasteiger partial charge < -0.3 is 25.0 Å². The zero-order chi connectivity index (χ0) is 18.7. The van der Waals surface area contributed by atoms with E-state index in [-0.39, 0.29) is 30.1 Å². The van der Waals surface area contributed by atoms with Crippen LogP contribution in [0.4, 0.5) is 5.82 Å². The first kappa shape index (κ1) is 23.2. The average Bonchev–Trinajstić information content (AvgIpc) is 3.23. The summed E-state index contributed by atoms with van der Waals surface area (Å²) in [7, 11) is 0. The number of anilines is 1. The Morgan fingerprint density at radius 1 is 1.32 bits per heavy atom. The molecule has 2 N–H and O–H groups in total. The fourth-order valence-corrected chi connectivity index (χ4v) is 3.52. The van der Waals surface area contributed by atoms with Crippen molar-refractivity contribution in [2.24, 2.45) is 4.99 Å². The summed E-state index contributed by atoms with van der Waals surface area (Å²) in [5.41, 5.74) is 0. The van der Waals surface area contributed by atoms with E-state index < -0.39 is 0 Å². The first-order valence-electron chi connectivity index (χ1n) is 10.3. The van der Waals surface area contributed by atoms with Crippen LogP contribution in [0.15, 0.2) is 29.4 Å². The third kappa shape index (κ3) is 7.71. The molecule has 0 aliphatic carbocycles. The Morgan fingerprint density at radius 2 is 2.18 bits per heavy atom. The molecule has 0 saturated carbocycles. The summed E-state index contributed by atoms with van der Waals surface area (Å²) in [6.07, 6.45) is 6.57. The number of guanidine groups is 1. The number of halogens is 1. The lowest BCUT2D eigenvalue weighted by Crippen LogP contribution is -2.49. The minimum Gasteiger partial charge on any atom is -0.377 e. The van der Waals surface area contributed by atoms with Gasteiger partial charge in [-0.05, 0) is 44.7 Å². The Labute approximate surface area is 185 Å². The van der Waals surface area contributed by atoms with Gasteiger partial charge in [0.15, 0.2) is 5.96 Å². The smallest absolute Gasteiger partial charge is 0.191 e. The van der Waals surface area contributed by atoms with Gasteiger partial charge in [-0.25, -0.2) is 4.98 Å².